The topological polar surface area (TPSA) is 71.1 Å². The number of fused-ring (bicyclic) bond motifs is 1. The second kappa shape index (κ2) is 7.76. The van der Waals surface area contributed by atoms with Crippen LogP contribution in [0, 0.1) is 0 Å². The summed E-state index contributed by atoms with van der Waals surface area (Å²) in [5, 5.41) is 5.87. The van der Waals surface area contributed by atoms with Gasteiger partial charge < -0.3 is 10.6 Å². The van der Waals surface area contributed by atoms with E-state index in [4.69, 9.17) is 0 Å². The van der Waals surface area contributed by atoms with Crippen LogP contribution in [0.25, 0.3) is 10.2 Å². The van der Waals surface area contributed by atoms with Crippen LogP contribution in [-0.2, 0) is 11.2 Å². The maximum atomic E-state index is 12.0. The number of halogens is 1. The quantitative estimate of drug-likeness (QED) is 0.658. The van der Waals surface area contributed by atoms with Crippen molar-refractivity contribution < 1.29 is 9.59 Å². The summed E-state index contributed by atoms with van der Waals surface area (Å²) in [6, 6.07) is 13.1. The van der Waals surface area contributed by atoms with Crippen LogP contribution >= 0.6 is 27.3 Å². The highest BCUT2D eigenvalue weighted by atomic mass is 79.9. The molecule has 5 nitrogen and oxygen atoms in total. The fraction of sp³-hybridized carbons (Fsp3) is 0.167. The molecule has 0 bridgehead atoms. The van der Waals surface area contributed by atoms with Crippen molar-refractivity contribution >= 4 is 54.4 Å². The Kier molecular flexibility index (Phi) is 5.45. The summed E-state index contributed by atoms with van der Waals surface area (Å²) in [5.41, 5.74) is 2.58. The van der Waals surface area contributed by atoms with Crippen LogP contribution in [-0.4, -0.2) is 23.3 Å². The summed E-state index contributed by atoms with van der Waals surface area (Å²) in [6.07, 6.45) is 0.956. The molecule has 0 aliphatic heterocycles. The van der Waals surface area contributed by atoms with Gasteiger partial charge in [0.15, 0.2) is 5.13 Å². The third-order valence-corrected chi connectivity index (χ3v) is 5.03. The molecule has 0 aliphatic rings. The Morgan fingerprint density at radius 1 is 1.20 bits per heavy atom. The van der Waals surface area contributed by atoms with Crippen molar-refractivity contribution in [3.05, 3.63) is 58.1 Å². The fourth-order valence-corrected chi connectivity index (χ4v) is 3.64. The SMILES string of the molecule is CCc1ccc2nc(NC(=O)CNC(=O)c3cccc(Br)c3)sc2c1. The van der Waals surface area contributed by atoms with E-state index in [1.807, 2.05) is 18.2 Å². The predicted molar refractivity (Wildman–Crippen MR) is 104 cm³/mol. The number of carbonyl (C=O) groups excluding carboxylic acids is 2. The molecule has 2 N–H and O–H groups in total. The maximum absolute atomic E-state index is 12.0. The third-order valence-electron chi connectivity index (χ3n) is 3.60. The van der Waals surface area contributed by atoms with Crippen LogP contribution < -0.4 is 10.6 Å². The summed E-state index contributed by atoms with van der Waals surface area (Å²) < 4.78 is 1.85. The van der Waals surface area contributed by atoms with Crippen molar-refractivity contribution in [1.29, 1.82) is 0 Å². The zero-order chi connectivity index (χ0) is 17.8. The first-order valence-electron chi connectivity index (χ1n) is 7.78. The molecular weight excluding hydrogens is 402 g/mol. The highest BCUT2D eigenvalue weighted by molar-refractivity contribution is 9.10. The van der Waals surface area contributed by atoms with Gasteiger partial charge in [-0.25, -0.2) is 4.98 Å². The molecule has 0 saturated heterocycles. The van der Waals surface area contributed by atoms with Crippen LogP contribution in [0.4, 0.5) is 5.13 Å². The molecule has 0 fully saturated rings. The average Bonchev–Trinajstić information content (AvgIpc) is 3.00. The van der Waals surface area contributed by atoms with E-state index in [1.165, 1.54) is 16.9 Å². The van der Waals surface area contributed by atoms with Gasteiger partial charge in [0.2, 0.25) is 5.91 Å². The van der Waals surface area contributed by atoms with E-state index < -0.39 is 0 Å². The standard InChI is InChI=1S/C18H16BrN3O2S/c1-2-11-6-7-14-15(8-11)25-18(21-14)22-16(23)10-20-17(24)12-4-3-5-13(19)9-12/h3-9H,2,10H2,1H3,(H,20,24)(H,21,22,23). The number of nitrogens with one attached hydrogen (secondary N) is 2. The van der Waals surface area contributed by atoms with E-state index >= 15 is 0 Å². The minimum Gasteiger partial charge on any atom is -0.343 e. The summed E-state index contributed by atoms with van der Waals surface area (Å²) in [6.45, 7) is 1.99. The lowest BCUT2D eigenvalue weighted by Crippen LogP contribution is -2.32. The van der Waals surface area contributed by atoms with Crippen molar-refractivity contribution in [3.8, 4) is 0 Å². The molecule has 128 valence electrons. The number of hydrogen-bond donors (Lipinski definition) is 2. The number of rotatable bonds is 5. The van der Waals surface area contributed by atoms with Crippen molar-refractivity contribution in [1.82, 2.24) is 10.3 Å². The number of nitrogens with zero attached hydrogens (tertiary/aromatic N) is 1. The minimum atomic E-state index is -0.307. The molecule has 3 aromatic rings. The average molecular weight is 418 g/mol. The number of anilines is 1. The normalized spacial score (nSPS) is 10.6. The highest BCUT2D eigenvalue weighted by Crippen LogP contribution is 2.26. The van der Waals surface area contributed by atoms with E-state index in [9.17, 15) is 9.59 Å². The first kappa shape index (κ1) is 17.6. The van der Waals surface area contributed by atoms with E-state index in [0.29, 0.717) is 10.7 Å². The lowest BCUT2D eigenvalue weighted by molar-refractivity contribution is -0.115. The van der Waals surface area contributed by atoms with Crippen molar-refractivity contribution in [2.24, 2.45) is 0 Å². The second-order valence-electron chi connectivity index (χ2n) is 5.42. The third kappa shape index (κ3) is 4.43. The van der Waals surface area contributed by atoms with Gasteiger partial charge >= 0.3 is 0 Å². The van der Waals surface area contributed by atoms with E-state index in [2.05, 4.69) is 44.5 Å². The molecule has 2 aromatic carbocycles. The number of benzene rings is 2. The van der Waals surface area contributed by atoms with Gasteiger partial charge in [0.25, 0.3) is 5.91 Å². The summed E-state index contributed by atoms with van der Waals surface area (Å²) in [5.74, 6) is -0.605. The molecule has 2 amide bonds. The molecule has 1 aromatic heterocycles. The van der Waals surface area contributed by atoms with Gasteiger partial charge in [0, 0.05) is 10.0 Å². The molecule has 0 radical (unpaired) electrons. The van der Waals surface area contributed by atoms with Gasteiger partial charge in [-0.1, -0.05) is 46.3 Å². The Balaban J connectivity index is 1.60. The largest absolute Gasteiger partial charge is 0.343 e. The Hall–Kier alpha value is -2.25. The minimum absolute atomic E-state index is 0.110. The van der Waals surface area contributed by atoms with Gasteiger partial charge in [-0.15, -0.1) is 0 Å². The van der Waals surface area contributed by atoms with Crippen LogP contribution in [0.5, 0.6) is 0 Å². The van der Waals surface area contributed by atoms with Crippen LogP contribution in [0.2, 0.25) is 0 Å². The monoisotopic (exact) mass is 417 g/mol. The smallest absolute Gasteiger partial charge is 0.251 e. The van der Waals surface area contributed by atoms with E-state index in [1.54, 1.807) is 18.2 Å². The van der Waals surface area contributed by atoms with Crippen molar-refractivity contribution in [2.75, 3.05) is 11.9 Å². The van der Waals surface area contributed by atoms with Crippen LogP contribution in [0.3, 0.4) is 0 Å². The van der Waals surface area contributed by atoms with Gasteiger partial charge in [0.05, 0.1) is 16.8 Å². The van der Waals surface area contributed by atoms with E-state index in [-0.39, 0.29) is 18.4 Å². The summed E-state index contributed by atoms with van der Waals surface area (Å²) >= 11 is 4.74. The molecule has 25 heavy (non-hydrogen) atoms. The van der Waals surface area contributed by atoms with Gasteiger partial charge in [-0.05, 0) is 42.3 Å². The number of carbonyl (C=O) groups is 2. The number of thiazole rings is 1. The number of aryl methyl sites for hydroxylation is 1. The molecule has 3 rings (SSSR count). The second-order valence-corrected chi connectivity index (χ2v) is 7.36. The Bertz CT molecular complexity index is 939. The lowest BCUT2D eigenvalue weighted by Gasteiger charge is -2.05. The number of amides is 2. The first-order valence-corrected chi connectivity index (χ1v) is 9.39. The van der Waals surface area contributed by atoms with Gasteiger partial charge in [-0.3, -0.25) is 9.59 Å². The predicted octanol–water partition coefficient (Wildman–Crippen LogP) is 3.99. The highest BCUT2D eigenvalue weighted by Gasteiger charge is 2.11. The Labute approximate surface area is 157 Å². The maximum Gasteiger partial charge on any atom is 0.251 e. The van der Waals surface area contributed by atoms with Gasteiger partial charge in [-0.2, -0.15) is 0 Å². The molecule has 0 aliphatic carbocycles. The van der Waals surface area contributed by atoms with Crippen LogP contribution in [0.1, 0.15) is 22.8 Å². The number of aromatic nitrogens is 1. The van der Waals surface area contributed by atoms with Gasteiger partial charge in [0.1, 0.15) is 0 Å². The summed E-state index contributed by atoms with van der Waals surface area (Å²) in [4.78, 5) is 28.5. The molecule has 0 spiro atoms. The zero-order valence-corrected chi connectivity index (χ0v) is 15.9. The molecular formula is C18H16BrN3O2S. The molecule has 0 unspecified atom stereocenters. The first-order chi connectivity index (χ1) is 12.0. The molecule has 0 saturated carbocycles. The number of hydrogen-bond acceptors (Lipinski definition) is 4. The lowest BCUT2D eigenvalue weighted by atomic mass is 10.2. The fourth-order valence-electron chi connectivity index (χ4n) is 2.30. The van der Waals surface area contributed by atoms with Crippen molar-refractivity contribution in [2.45, 2.75) is 13.3 Å². The summed E-state index contributed by atoms with van der Waals surface area (Å²) in [7, 11) is 0. The van der Waals surface area contributed by atoms with Crippen LogP contribution in [0.15, 0.2) is 46.9 Å². The Morgan fingerprint density at radius 3 is 2.80 bits per heavy atom. The zero-order valence-electron chi connectivity index (χ0n) is 13.5. The molecule has 0 atom stereocenters. The van der Waals surface area contributed by atoms with Crippen molar-refractivity contribution in [3.63, 3.8) is 0 Å². The Morgan fingerprint density at radius 2 is 2.04 bits per heavy atom. The molecule has 7 heteroatoms. The van der Waals surface area contributed by atoms with E-state index in [0.717, 1.165) is 21.1 Å². The molecule has 1 heterocycles.